The minimum atomic E-state index is 0.340. The Kier molecular flexibility index (Phi) is 5.55. The average molecular weight is 302 g/mol. The van der Waals surface area contributed by atoms with E-state index in [1.54, 1.807) is 7.11 Å². The third-order valence-electron chi connectivity index (χ3n) is 3.21. The number of ether oxygens (including phenoxy) is 2. The van der Waals surface area contributed by atoms with Crippen LogP contribution in [-0.4, -0.2) is 30.2 Å². The zero-order valence-corrected chi connectivity index (χ0v) is 13.2. The highest BCUT2D eigenvalue weighted by Gasteiger charge is 2.10. The number of rotatable bonds is 7. The van der Waals surface area contributed by atoms with Crippen molar-refractivity contribution in [3.8, 4) is 11.6 Å². The highest BCUT2D eigenvalue weighted by atomic mass is 16.5. The number of hydrogen-bond acceptors (Lipinski definition) is 6. The van der Waals surface area contributed by atoms with Crippen LogP contribution in [0.2, 0.25) is 0 Å². The lowest BCUT2D eigenvalue weighted by Gasteiger charge is -2.12. The van der Waals surface area contributed by atoms with Crippen LogP contribution >= 0.6 is 0 Å². The van der Waals surface area contributed by atoms with Gasteiger partial charge in [0.1, 0.15) is 17.8 Å². The number of benzene rings is 1. The van der Waals surface area contributed by atoms with Gasteiger partial charge in [-0.3, -0.25) is 0 Å². The summed E-state index contributed by atoms with van der Waals surface area (Å²) in [6.07, 6.45) is 1.42. The van der Waals surface area contributed by atoms with Gasteiger partial charge in [0.25, 0.3) is 0 Å². The maximum Gasteiger partial charge on any atom is 0.248 e. The van der Waals surface area contributed by atoms with Crippen LogP contribution in [0.15, 0.2) is 30.6 Å². The lowest BCUT2D eigenvalue weighted by Crippen LogP contribution is -2.11. The number of hydrogen-bond donors (Lipinski definition) is 2. The fraction of sp³-hybridized carbons (Fsp3) is 0.375. The fourth-order valence-electron chi connectivity index (χ4n) is 1.91. The number of methoxy groups -OCH3 is 1. The number of nitrogens with two attached hydrogens (primary N) is 1. The average Bonchev–Trinajstić information content (AvgIpc) is 2.51. The summed E-state index contributed by atoms with van der Waals surface area (Å²) in [5.74, 6) is 2.06. The van der Waals surface area contributed by atoms with Crippen LogP contribution in [0.3, 0.4) is 0 Å². The van der Waals surface area contributed by atoms with E-state index < -0.39 is 0 Å². The van der Waals surface area contributed by atoms with Crippen molar-refractivity contribution in [1.82, 2.24) is 9.97 Å². The minimum absolute atomic E-state index is 0.340. The second-order valence-electron chi connectivity index (χ2n) is 5.19. The van der Waals surface area contributed by atoms with Gasteiger partial charge in [0, 0.05) is 13.7 Å². The van der Waals surface area contributed by atoms with E-state index in [2.05, 4.69) is 29.1 Å². The minimum Gasteiger partial charge on any atom is -0.437 e. The van der Waals surface area contributed by atoms with Crippen LogP contribution in [0.4, 0.5) is 11.5 Å². The van der Waals surface area contributed by atoms with E-state index in [1.165, 1.54) is 11.9 Å². The highest BCUT2D eigenvalue weighted by molar-refractivity contribution is 5.66. The first-order valence-corrected chi connectivity index (χ1v) is 7.23. The monoisotopic (exact) mass is 302 g/mol. The first-order chi connectivity index (χ1) is 10.6. The zero-order valence-electron chi connectivity index (χ0n) is 13.2. The smallest absolute Gasteiger partial charge is 0.248 e. The summed E-state index contributed by atoms with van der Waals surface area (Å²) in [5, 5.41) is 3.08. The van der Waals surface area contributed by atoms with E-state index in [0.29, 0.717) is 42.2 Å². The lowest BCUT2D eigenvalue weighted by atomic mass is 10.0. The molecule has 2 aromatic rings. The molecule has 0 saturated heterocycles. The van der Waals surface area contributed by atoms with Gasteiger partial charge in [-0.1, -0.05) is 26.0 Å². The quantitative estimate of drug-likeness (QED) is 0.765. The van der Waals surface area contributed by atoms with Gasteiger partial charge in [-0.2, -0.15) is 4.98 Å². The molecular weight excluding hydrogens is 280 g/mol. The van der Waals surface area contributed by atoms with Crippen LogP contribution in [0.1, 0.15) is 25.3 Å². The molecule has 3 N–H and O–H groups in total. The van der Waals surface area contributed by atoms with Crippen molar-refractivity contribution in [2.75, 3.05) is 31.3 Å². The molecular formula is C16H22N4O2. The number of aromatic nitrogens is 2. The van der Waals surface area contributed by atoms with Gasteiger partial charge in [-0.05, 0) is 23.6 Å². The molecule has 1 aromatic heterocycles. The van der Waals surface area contributed by atoms with Crippen LogP contribution in [0.5, 0.6) is 11.6 Å². The Morgan fingerprint density at radius 1 is 1.18 bits per heavy atom. The lowest BCUT2D eigenvalue weighted by molar-refractivity contribution is 0.210. The topological polar surface area (TPSA) is 82.3 Å². The molecule has 2 rings (SSSR count). The summed E-state index contributed by atoms with van der Waals surface area (Å²) in [6, 6.07) is 7.90. The van der Waals surface area contributed by atoms with Gasteiger partial charge in [0.15, 0.2) is 5.82 Å². The van der Waals surface area contributed by atoms with Gasteiger partial charge >= 0.3 is 0 Å². The van der Waals surface area contributed by atoms with E-state index in [-0.39, 0.29) is 0 Å². The van der Waals surface area contributed by atoms with Crippen molar-refractivity contribution in [3.63, 3.8) is 0 Å². The molecule has 0 unspecified atom stereocenters. The molecule has 0 saturated carbocycles. The summed E-state index contributed by atoms with van der Waals surface area (Å²) in [7, 11) is 1.64. The largest absolute Gasteiger partial charge is 0.437 e. The number of nitrogens with one attached hydrogen (secondary N) is 1. The van der Waals surface area contributed by atoms with Crippen molar-refractivity contribution >= 4 is 11.5 Å². The van der Waals surface area contributed by atoms with Crippen molar-refractivity contribution in [2.45, 2.75) is 19.8 Å². The van der Waals surface area contributed by atoms with Gasteiger partial charge in [0.2, 0.25) is 5.88 Å². The molecule has 22 heavy (non-hydrogen) atoms. The van der Waals surface area contributed by atoms with Gasteiger partial charge in [0.05, 0.1) is 6.61 Å². The standard InChI is InChI=1S/C16H22N4O2/c1-11(2)12-4-6-13(7-5-12)22-16-14(17)15(19-10-20-16)18-8-9-21-3/h4-7,10-11H,8-9,17H2,1-3H3,(H,18,19,20). The molecule has 0 aliphatic carbocycles. The van der Waals surface area contributed by atoms with Crippen molar-refractivity contribution in [1.29, 1.82) is 0 Å². The third kappa shape index (κ3) is 4.08. The Balaban J connectivity index is 2.10. The molecule has 0 fully saturated rings. The van der Waals surface area contributed by atoms with Gasteiger partial charge in [-0.25, -0.2) is 4.98 Å². The van der Waals surface area contributed by atoms with Crippen LogP contribution in [-0.2, 0) is 4.74 Å². The Morgan fingerprint density at radius 3 is 2.55 bits per heavy atom. The molecule has 0 aliphatic rings. The molecule has 0 amide bonds. The second-order valence-corrected chi connectivity index (χ2v) is 5.19. The third-order valence-corrected chi connectivity index (χ3v) is 3.21. The van der Waals surface area contributed by atoms with Crippen molar-refractivity contribution in [2.24, 2.45) is 0 Å². The molecule has 6 heteroatoms. The Hall–Kier alpha value is -2.34. The summed E-state index contributed by atoms with van der Waals surface area (Å²) >= 11 is 0. The molecule has 0 radical (unpaired) electrons. The number of nitrogens with zero attached hydrogens (tertiary/aromatic N) is 2. The molecule has 118 valence electrons. The van der Waals surface area contributed by atoms with E-state index in [1.807, 2.05) is 24.3 Å². The predicted molar refractivity (Wildman–Crippen MR) is 87.4 cm³/mol. The maximum absolute atomic E-state index is 6.04. The number of nitrogen functional groups attached to an aromatic ring is 1. The molecule has 1 aromatic carbocycles. The van der Waals surface area contributed by atoms with Gasteiger partial charge < -0.3 is 20.5 Å². The summed E-state index contributed by atoms with van der Waals surface area (Å²) < 4.78 is 10.7. The highest BCUT2D eigenvalue weighted by Crippen LogP contribution is 2.29. The Bertz CT molecular complexity index is 600. The molecule has 1 heterocycles. The molecule has 0 bridgehead atoms. The van der Waals surface area contributed by atoms with Crippen LogP contribution in [0.25, 0.3) is 0 Å². The predicted octanol–water partition coefficient (Wildman–Crippen LogP) is 3.03. The normalized spacial score (nSPS) is 10.7. The first-order valence-electron chi connectivity index (χ1n) is 7.23. The van der Waals surface area contributed by atoms with Crippen LogP contribution < -0.4 is 15.8 Å². The fourth-order valence-corrected chi connectivity index (χ4v) is 1.91. The van der Waals surface area contributed by atoms with E-state index in [4.69, 9.17) is 15.2 Å². The Labute approximate surface area is 130 Å². The van der Waals surface area contributed by atoms with E-state index in [0.717, 1.165) is 0 Å². The van der Waals surface area contributed by atoms with E-state index >= 15 is 0 Å². The van der Waals surface area contributed by atoms with Crippen LogP contribution in [0, 0.1) is 0 Å². The summed E-state index contributed by atoms with van der Waals surface area (Å²) in [6.45, 7) is 5.48. The van der Waals surface area contributed by atoms with E-state index in [9.17, 15) is 0 Å². The maximum atomic E-state index is 6.04. The van der Waals surface area contributed by atoms with Crippen molar-refractivity contribution in [3.05, 3.63) is 36.2 Å². The van der Waals surface area contributed by atoms with Gasteiger partial charge in [-0.15, -0.1) is 0 Å². The van der Waals surface area contributed by atoms with Crippen molar-refractivity contribution < 1.29 is 9.47 Å². The summed E-state index contributed by atoms with van der Waals surface area (Å²) in [5.41, 5.74) is 7.67. The molecule has 6 nitrogen and oxygen atoms in total. The zero-order chi connectivity index (χ0) is 15.9. The first kappa shape index (κ1) is 16.0. The second kappa shape index (κ2) is 7.61. The Morgan fingerprint density at radius 2 is 1.91 bits per heavy atom. The molecule has 0 aliphatic heterocycles. The SMILES string of the molecule is COCCNc1ncnc(Oc2ccc(C(C)C)cc2)c1N. The summed E-state index contributed by atoms with van der Waals surface area (Å²) in [4.78, 5) is 8.20. The molecule has 0 spiro atoms. The number of anilines is 2. The molecule has 0 atom stereocenters.